The maximum absolute atomic E-state index is 13.9. The van der Waals surface area contributed by atoms with Gasteiger partial charge < -0.3 is 15.3 Å². The monoisotopic (exact) mass is 462 g/mol. The van der Waals surface area contributed by atoms with Crippen LogP contribution in [0.1, 0.15) is 76.5 Å². The maximum atomic E-state index is 13.9. The van der Waals surface area contributed by atoms with Crippen LogP contribution in [-0.4, -0.2) is 38.3 Å². The molecular formula is C28H30O6. The second-order valence-corrected chi connectivity index (χ2v) is 11.1. The van der Waals surface area contributed by atoms with Gasteiger partial charge in [-0.3, -0.25) is 14.4 Å². The van der Waals surface area contributed by atoms with Gasteiger partial charge in [0.25, 0.3) is 0 Å². The molecule has 0 aromatic heterocycles. The number of aromatic hydroxyl groups is 1. The second kappa shape index (κ2) is 7.01. The van der Waals surface area contributed by atoms with E-state index in [9.17, 15) is 29.7 Å². The molecule has 0 bridgehead atoms. The predicted octanol–water partition coefficient (Wildman–Crippen LogP) is 4.38. The first-order chi connectivity index (χ1) is 15.8. The number of fused-ring (bicyclic) bond motifs is 3. The molecule has 1 aromatic carbocycles. The summed E-state index contributed by atoms with van der Waals surface area (Å²) in [5, 5.41) is 33.8. The van der Waals surface area contributed by atoms with Crippen LogP contribution >= 0.6 is 0 Å². The highest BCUT2D eigenvalue weighted by Gasteiger charge is 2.69. The fraction of sp³-hybridized carbons (Fsp3) is 0.464. The highest BCUT2D eigenvalue weighted by Crippen LogP contribution is 2.62. The Morgan fingerprint density at radius 1 is 1.06 bits per heavy atom. The summed E-state index contributed by atoms with van der Waals surface area (Å²) in [6.45, 7) is 6.55. The smallest absolute Gasteiger partial charge is 0.206 e. The van der Waals surface area contributed by atoms with Gasteiger partial charge in [0.1, 0.15) is 11.5 Å². The van der Waals surface area contributed by atoms with Crippen molar-refractivity contribution in [3.8, 4) is 5.75 Å². The average molecular weight is 463 g/mol. The van der Waals surface area contributed by atoms with Crippen LogP contribution in [0.25, 0.3) is 11.8 Å². The first kappa shape index (κ1) is 22.8. The lowest BCUT2D eigenvalue weighted by atomic mass is 9.46. The van der Waals surface area contributed by atoms with E-state index < -0.39 is 33.8 Å². The molecule has 0 aliphatic heterocycles. The van der Waals surface area contributed by atoms with E-state index in [0.29, 0.717) is 12.0 Å². The molecular weight excluding hydrogens is 432 g/mol. The van der Waals surface area contributed by atoms with Crippen molar-refractivity contribution >= 4 is 29.2 Å². The maximum Gasteiger partial charge on any atom is 0.206 e. The molecule has 0 saturated heterocycles. The number of aliphatic hydroxyl groups is 2. The normalized spacial score (nSPS) is 32.7. The molecule has 0 heterocycles. The van der Waals surface area contributed by atoms with Gasteiger partial charge in [-0.05, 0) is 69.6 Å². The molecule has 6 nitrogen and oxygen atoms in total. The van der Waals surface area contributed by atoms with Gasteiger partial charge in [-0.1, -0.05) is 37.1 Å². The number of allylic oxidation sites excluding steroid dienone is 2. The Hall–Kier alpha value is -2.99. The zero-order valence-corrected chi connectivity index (χ0v) is 20.0. The molecule has 34 heavy (non-hydrogen) atoms. The molecule has 2 fully saturated rings. The standard InChI is InChI=1S/C28H30O6/c1-14-11-27(4)13-26(3)12-18-17(10-16-6-5-7-16)8-9-19(30)21(18)23(31)22(26)25(33)28(27,34)24(32)20(14)15(2)29/h8-10,30-31,34H,5-7,11-13H2,1-4H3/t26-,27+,28+/m1/s1. The number of benzene rings is 1. The van der Waals surface area contributed by atoms with Gasteiger partial charge in [0.05, 0.1) is 11.1 Å². The van der Waals surface area contributed by atoms with Gasteiger partial charge in [-0.25, -0.2) is 0 Å². The largest absolute Gasteiger partial charge is 0.507 e. The van der Waals surface area contributed by atoms with Crippen molar-refractivity contribution in [2.75, 3.05) is 0 Å². The molecule has 4 aliphatic carbocycles. The quantitative estimate of drug-likeness (QED) is 0.444. The van der Waals surface area contributed by atoms with E-state index >= 15 is 0 Å². The number of Topliss-reactive ketones (excluding diaryl/α,β-unsaturated/α-hetero) is 3. The number of phenols is 1. The van der Waals surface area contributed by atoms with Crippen molar-refractivity contribution < 1.29 is 29.7 Å². The third-order valence-corrected chi connectivity index (χ3v) is 8.53. The molecule has 178 valence electrons. The summed E-state index contributed by atoms with van der Waals surface area (Å²) in [5.41, 5.74) is -0.881. The summed E-state index contributed by atoms with van der Waals surface area (Å²) in [6, 6.07) is 3.33. The molecule has 0 amide bonds. The van der Waals surface area contributed by atoms with Crippen LogP contribution in [0.5, 0.6) is 5.75 Å². The van der Waals surface area contributed by atoms with Crippen LogP contribution in [0, 0.1) is 10.8 Å². The molecule has 3 N–H and O–H groups in total. The highest BCUT2D eigenvalue weighted by atomic mass is 16.3. The van der Waals surface area contributed by atoms with E-state index in [0.717, 1.165) is 30.4 Å². The third-order valence-electron chi connectivity index (χ3n) is 8.53. The van der Waals surface area contributed by atoms with Crippen molar-refractivity contribution in [3.63, 3.8) is 0 Å². The molecule has 6 heteroatoms. The van der Waals surface area contributed by atoms with Crippen LogP contribution in [0.3, 0.4) is 0 Å². The average Bonchev–Trinajstić information content (AvgIpc) is 2.68. The van der Waals surface area contributed by atoms with E-state index in [2.05, 4.69) is 6.08 Å². The van der Waals surface area contributed by atoms with Crippen LogP contribution < -0.4 is 0 Å². The summed E-state index contributed by atoms with van der Waals surface area (Å²) in [5.74, 6) is -2.79. The summed E-state index contributed by atoms with van der Waals surface area (Å²) >= 11 is 0. The molecule has 0 radical (unpaired) electrons. The number of hydrogen-bond donors (Lipinski definition) is 3. The first-order valence-corrected chi connectivity index (χ1v) is 11.8. The predicted molar refractivity (Wildman–Crippen MR) is 127 cm³/mol. The Bertz CT molecular complexity index is 1290. The summed E-state index contributed by atoms with van der Waals surface area (Å²) in [4.78, 5) is 39.6. The highest BCUT2D eigenvalue weighted by molar-refractivity contribution is 6.33. The fourth-order valence-electron chi connectivity index (χ4n) is 6.93. The summed E-state index contributed by atoms with van der Waals surface area (Å²) in [7, 11) is 0. The Morgan fingerprint density at radius 2 is 1.74 bits per heavy atom. The summed E-state index contributed by atoms with van der Waals surface area (Å²) < 4.78 is 0. The van der Waals surface area contributed by atoms with E-state index in [-0.39, 0.29) is 41.1 Å². The summed E-state index contributed by atoms with van der Waals surface area (Å²) in [6.07, 6.45) is 6.16. The molecule has 1 aromatic rings. The number of rotatable bonds is 2. The first-order valence-electron chi connectivity index (χ1n) is 11.8. The number of phenolic OH excluding ortho intramolecular Hbond substituents is 1. The second-order valence-electron chi connectivity index (χ2n) is 11.1. The fourth-order valence-corrected chi connectivity index (χ4v) is 6.93. The number of aliphatic hydroxyl groups excluding tert-OH is 1. The van der Waals surface area contributed by atoms with Gasteiger partial charge >= 0.3 is 0 Å². The lowest BCUT2D eigenvalue weighted by Crippen LogP contribution is -2.67. The minimum Gasteiger partial charge on any atom is -0.507 e. The topological polar surface area (TPSA) is 112 Å². The third kappa shape index (κ3) is 2.75. The SMILES string of the molecule is CC(=O)C1=C(C)C[C@@]2(C)C[C@@]3(C)Cc4c(C=C5CCC5)ccc(O)c4C(O)=C3C(=O)[C@@]2(O)C1=O. The zero-order chi connectivity index (χ0) is 24.8. The van der Waals surface area contributed by atoms with Crippen molar-refractivity contribution in [1.29, 1.82) is 0 Å². The van der Waals surface area contributed by atoms with Crippen molar-refractivity contribution in [2.45, 2.75) is 71.8 Å². The zero-order valence-electron chi connectivity index (χ0n) is 20.0. The van der Waals surface area contributed by atoms with Crippen molar-refractivity contribution in [3.05, 3.63) is 51.1 Å². The Labute approximate surface area is 198 Å². The Kier molecular flexibility index (Phi) is 4.70. The lowest BCUT2D eigenvalue weighted by molar-refractivity contribution is -0.171. The van der Waals surface area contributed by atoms with Gasteiger partial charge in [-0.2, -0.15) is 0 Å². The number of carbonyl (C=O) groups is 3. The molecule has 3 atom stereocenters. The lowest BCUT2D eigenvalue weighted by Gasteiger charge is -2.56. The molecule has 0 unspecified atom stereocenters. The van der Waals surface area contributed by atoms with E-state index in [4.69, 9.17) is 0 Å². The van der Waals surface area contributed by atoms with Crippen LogP contribution in [-0.2, 0) is 20.8 Å². The Balaban J connectivity index is 1.74. The van der Waals surface area contributed by atoms with Crippen molar-refractivity contribution in [1.82, 2.24) is 0 Å². The van der Waals surface area contributed by atoms with Crippen LogP contribution in [0.4, 0.5) is 0 Å². The Morgan fingerprint density at radius 3 is 2.32 bits per heavy atom. The molecule has 5 rings (SSSR count). The van der Waals surface area contributed by atoms with E-state index in [1.807, 2.05) is 13.0 Å². The van der Waals surface area contributed by atoms with Gasteiger partial charge in [0.15, 0.2) is 11.4 Å². The van der Waals surface area contributed by atoms with Gasteiger partial charge in [0, 0.05) is 16.4 Å². The minimum atomic E-state index is -2.45. The minimum absolute atomic E-state index is 0.0421. The van der Waals surface area contributed by atoms with Crippen LogP contribution in [0.2, 0.25) is 0 Å². The number of hydrogen-bond acceptors (Lipinski definition) is 6. The van der Waals surface area contributed by atoms with Crippen LogP contribution in [0.15, 0.2) is 34.4 Å². The van der Waals surface area contributed by atoms with Gasteiger partial charge in [-0.15, -0.1) is 0 Å². The van der Waals surface area contributed by atoms with E-state index in [1.54, 1.807) is 13.8 Å². The van der Waals surface area contributed by atoms with Crippen molar-refractivity contribution in [2.24, 2.45) is 10.8 Å². The molecule has 0 spiro atoms. The van der Waals surface area contributed by atoms with E-state index in [1.165, 1.54) is 18.6 Å². The molecule has 2 saturated carbocycles. The number of carbonyl (C=O) groups excluding carboxylic acids is 3. The molecule has 4 aliphatic rings. The number of ketones is 3. The van der Waals surface area contributed by atoms with Gasteiger partial charge in [0.2, 0.25) is 11.6 Å².